The SMILES string of the molecule is O=C1CCCCCCN1CCC1CCCCN1. The Hall–Kier alpha value is -0.570. The third kappa shape index (κ3) is 4.30. The van der Waals surface area contributed by atoms with Crippen LogP contribution >= 0.6 is 0 Å². The van der Waals surface area contributed by atoms with E-state index in [2.05, 4.69) is 10.2 Å². The van der Waals surface area contributed by atoms with Crippen LogP contribution in [0, 0.1) is 0 Å². The minimum absolute atomic E-state index is 0.389. The van der Waals surface area contributed by atoms with Crippen molar-refractivity contribution in [1.82, 2.24) is 10.2 Å². The van der Waals surface area contributed by atoms with Crippen molar-refractivity contribution in [3.63, 3.8) is 0 Å². The molecule has 3 heteroatoms. The van der Waals surface area contributed by atoms with E-state index in [9.17, 15) is 4.79 Å². The molecule has 1 atom stereocenters. The number of likely N-dealkylation sites (tertiary alicyclic amines) is 1. The van der Waals surface area contributed by atoms with Crippen molar-refractivity contribution in [2.45, 2.75) is 63.8 Å². The van der Waals surface area contributed by atoms with Gasteiger partial charge >= 0.3 is 0 Å². The Morgan fingerprint density at radius 1 is 1.12 bits per heavy atom. The molecule has 0 aliphatic carbocycles. The molecular weight excluding hydrogens is 212 g/mol. The van der Waals surface area contributed by atoms with Gasteiger partial charge in [0.05, 0.1) is 0 Å². The number of rotatable bonds is 3. The predicted molar refractivity (Wildman–Crippen MR) is 69.9 cm³/mol. The average Bonchev–Trinajstić information content (AvgIpc) is 2.35. The van der Waals surface area contributed by atoms with Crippen molar-refractivity contribution in [1.29, 1.82) is 0 Å². The fourth-order valence-corrected chi connectivity index (χ4v) is 2.93. The summed E-state index contributed by atoms with van der Waals surface area (Å²) in [4.78, 5) is 14.1. The van der Waals surface area contributed by atoms with Crippen LogP contribution < -0.4 is 5.32 Å². The molecule has 1 unspecified atom stereocenters. The second-order valence-corrected chi connectivity index (χ2v) is 5.48. The third-order valence-electron chi connectivity index (χ3n) is 4.08. The number of piperidine rings is 1. The van der Waals surface area contributed by atoms with E-state index in [0.29, 0.717) is 11.9 Å². The van der Waals surface area contributed by atoms with Crippen molar-refractivity contribution < 1.29 is 4.79 Å². The zero-order valence-corrected chi connectivity index (χ0v) is 10.9. The number of carbonyl (C=O) groups excluding carboxylic acids is 1. The summed E-state index contributed by atoms with van der Waals surface area (Å²) in [5.41, 5.74) is 0. The van der Waals surface area contributed by atoms with Crippen LogP contribution in [0.1, 0.15) is 57.8 Å². The van der Waals surface area contributed by atoms with Crippen LogP contribution in [0.5, 0.6) is 0 Å². The Labute approximate surface area is 105 Å². The Kier molecular flexibility index (Phi) is 5.30. The minimum Gasteiger partial charge on any atom is -0.343 e. The highest BCUT2D eigenvalue weighted by atomic mass is 16.2. The standard InChI is InChI=1S/C14H26N2O/c17-14-8-3-1-2-6-11-16(14)12-9-13-7-4-5-10-15-13/h13,15H,1-12H2. The molecule has 3 nitrogen and oxygen atoms in total. The van der Waals surface area contributed by atoms with Crippen molar-refractivity contribution in [3.8, 4) is 0 Å². The lowest BCUT2D eigenvalue weighted by molar-refractivity contribution is -0.132. The number of nitrogens with one attached hydrogen (secondary N) is 1. The monoisotopic (exact) mass is 238 g/mol. The summed E-state index contributed by atoms with van der Waals surface area (Å²) in [7, 11) is 0. The Morgan fingerprint density at radius 3 is 2.82 bits per heavy atom. The van der Waals surface area contributed by atoms with Crippen molar-refractivity contribution in [2.24, 2.45) is 0 Å². The maximum absolute atomic E-state index is 11.9. The molecule has 2 saturated heterocycles. The highest BCUT2D eigenvalue weighted by Gasteiger charge is 2.18. The van der Waals surface area contributed by atoms with E-state index in [1.54, 1.807) is 0 Å². The molecule has 0 spiro atoms. The molecule has 2 rings (SSSR count). The summed E-state index contributed by atoms with van der Waals surface area (Å²) < 4.78 is 0. The second kappa shape index (κ2) is 7.00. The first kappa shape index (κ1) is 12.9. The van der Waals surface area contributed by atoms with E-state index in [1.807, 2.05) is 0 Å². The molecule has 2 fully saturated rings. The molecule has 2 heterocycles. The van der Waals surface area contributed by atoms with Gasteiger partial charge in [-0.15, -0.1) is 0 Å². The lowest BCUT2D eigenvalue weighted by Crippen LogP contribution is -2.40. The normalized spacial score (nSPS) is 27.6. The van der Waals surface area contributed by atoms with Crippen molar-refractivity contribution in [2.75, 3.05) is 19.6 Å². The predicted octanol–water partition coefficient (Wildman–Crippen LogP) is 2.31. The van der Waals surface area contributed by atoms with Gasteiger partial charge in [0, 0.05) is 25.6 Å². The van der Waals surface area contributed by atoms with Crippen LogP contribution in [-0.4, -0.2) is 36.5 Å². The number of hydrogen-bond donors (Lipinski definition) is 1. The van der Waals surface area contributed by atoms with Gasteiger partial charge in [-0.25, -0.2) is 0 Å². The van der Waals surface area contributed by atoms with E-state index < -0.39 is 0 Å². The van der Waals surface area contributed by atoms with E-state index in [4.69, 9.17) is 0 Å². The summed E-state index contributed by atoms with van der Waals surface area (Å²) in [5.74, 6) is 0.389. The molecule has 0 bridgehead atoms. The maximum atomic E-state index is 11.9. The lowest BCUT2D eigenvalue weighted by Gasteiger charge is -2.29. The molecule has 0 aromatic heterocycles. The molecule has 2 aliphatic rings. The highest BCUT2D eigenvalue weighted by Crippen LogP contribution is 2.14. The maximum Gasteiger partial charge on any atom is 0.222 e. The quantitative estimate of drug-likeness (QED) is 0.818. The molecule has 0 aromatic carbocycles. The molecule has 0 aromatic rings. The van der Waals surface area contributed by atoms with E-state index in [-0.39, 0.29) is 0 Å². The Balaban J connectivity index is 1.73. The van der Waals surface area contributed by atoms with Crippen LogP contribution in [0.2, 0.25) is 0 Å². The molecule has 98 valence electrons. The summed E-state index contributed by atoms with van der Waals surface area (Å²) in [6.45, 7) is 3.13. The number of hydrogen-bond acceptors (Lipinski definition) is 2. The first-order valence-electron chi connectivity index (χ1n) is 7.37. The summed E-state index contributed by atoms with van der Waals surface area (Å²) in [5, 5.41) is 3.56. The lowest BCUT2D eigenvalue weighted by atomic mass is 10.0. The van der Waals surface area contributed by atoms with Crippen LogP contribution in [0.4, 0.5) is 0 Å². The zero-order valence-electron chi connectivity index (χ0n) is 10.9. The average molecular weight is 238 g/mol. The smallest absolute Gasteiger partial charge is 0.222 e. The van der Waals surface area contributed by atoms with E-state index >= 15 is 0 Å². The number of nitrogens with zero attached hydrogens (tertiary/aromatic N) is 1. The summed E-state index contributed by atoms with van der Waals surface area (Å²) in [6, 6.07) is 0.655. The van der Waals surface area contributed by atoms with Crippen LogP contribution in [0.15, 0.2) is 0 Å². The van der Waals surface area contributed by atoms with Gasteiger partial charge in [-0.2, -0.15) is 0 Å². The van der Waals surface area contributed by atoms with Crippen molar-refractivity contribution in [3.05, 3.63) is 0 Å². The van der Waals surface area contributed by atoms with E-state index in [1.165, 1.54) is 45.1 Å². The van der Waals surface area contributed by atoms with Crippen LogP contribution in [-0.2, 0) is 4.79 Å². The van der Waals surface area contributed by atoms with Gasteiger partial charge in [0.15, 0.2) is 0 Å². The highest BCUT2D eigenvalue weighted by molar-refractivity contribution is 5.76. The van der Waals surface area contributed by atoms with Crippen LogP contribution in [0.3, 0.4) is 0 Å². The fraction of sp³-hybridized carbons (Fsp3) is 0.929. The van der Waals surface area contributed by atoms with Gasteiger partial charge in [0.1, 0.15) is 0 Å². The van der Waals surface area contributed by atoms with Gasteiger partial charge in [0.2, 0.25) is 5.91 Å². The first-order valence-corrected chi connectivity index (χ1v) is 7.37. The van der Waals surface area contributed by atoms with Gasteiger partial charge in [-0.3, -0.25) is 4.79 Å². The fourth-order valence-electron chi connectivity index (χ4n) is 2.93. The first-order chi connectivity index (χ1) is 8.36. The van der Waals surface area contributed by atoms with Gasteiger partial charge in [-0.1, -0.05) is 19.3 Å². The van der Waals surface area contributed by atoms with E-state index in [0.717, 1.165) is 32.4 Å². The van der Waals surface area contributed by atoms with Gasteiger partial charge < -0.3 is 10.2 Å². The van der Waals surface area contributed by atoms with Gasteiger partial charge in [-0.05, 0) is 38.6 Å². The molecule has 0 saturated carbocycles. The third-order valence-corrected chi connectivity index (χ3v) is 4.08. The molecule has 1 N–H and O–H groups in total. The zero-order chi connectivity index (χ0) is 11.9. The Bertz CT molecular complexity index is 236. The summed E-state index contributed by atoms with van der Waals surface area (Å²) >= 11 is 0. The number of carbonyl (C=O) groups is 1. The Morgan fingerprint density at radius 2 is 2.00 bits per heavy atom. The molecule has 0 radical (unpaired) electrons. The topological polar surface area (TPSA) is 32.3 Å². The second-order valence-electron chi connectivity index (χ2n) is 5.48. The molecule has 2 aliphatic heterocycles. The summed E-state index contributed by atoms with van der Waals surface area (Å²) in [6.07, 6.45) is 10.7. The van der Waals surface area contributed by atoms with Crippen LogP contribution in [0.25, 0.3) is 0 Å². The largest absolute Gasteiger partial charge is 0.343 e. The van der Waals surface area contributed by atoms with Gasteiger partial charge in [0.25, 0.3) is 0 Å². The molecule has 1 amide bonds. The van der Waals surface area contributed by atoms with Crippen molar-refractivity contribution >= 4 is 5.91 Å². The minimum atomic E-state index is 0.389. The molecule has 17 heavy (non-hydrogen) atoms. The number of amides is 1. The molecular formula is C14H26N2O.